The summed E-state index contributed by atoms with van der Waals surface area (Å²) in [5.74, 6) is 1.01. The van der Waals surface area contributed by atoms with Crippen molar-refractivity contribution < 1.29 is 0 Å². The molecular weight excluding hydrogens is 230 g/mol. The Morgan fingerprint density at radius 3 is 1.84 bits per heavy atom. The van der Waals surface area contributed by atoms with Crippen molar-refractivity contribution in [3.8, 4) is 0 Å². The van der Waals surface area contributed by atoms with Crippen molar-refractivity contribution in [2.24, 2.45) is 16.7 Å². The maximum Gasteiger partial charge on any atom is 0.00798 e. The standard InChI is InChI=1S/C18H35N/c1-6-14-7-9-15(10-8-14)19-16-11-17(2,3)13-18(4,5)12-16/h14-16,19H,6-13H2,1-5H3. The van der Waals surface area contributed by atoms with E-state index in [4.69, 9.17) is 0 Å². The van der Waals surface area contributed by atoms with E-state index in [1.807, 2.05) is 0 Å². The molecule has 0 radical (unpaired) electrons. The van der Waals surface area contributed by atoms with Crippen molar-refractivity contribution in [3.05, 3.63) is 0 Å². The molecule has 0 aromatic carbocycles. The molecular formula is C18H35N. The van der Waals surface area contributed by atoms with Crippen LogP contribution in [0.4, 0.5) is 0 Å². The van der Waals surface area contributed by atoms with Gasteiger partial charge in [-0.2, -0.15) is 0 Å². The number of rotatable bonds is 3. The van der Waals surface area contributed by atoms with E-state index in [-0.39, 0.29) is 0 Å². The summed E-state index contributed by atoms with van der Waals surface area (Å²) in [6.45, 7) is 12.2. The lowest BCUT2D eigenvalue weighted by atomic mass is 9.63. The van der Waals surface area contributed by atoms with Crippen molar-refractivity contribution >= 4 is 0 Å². The minimum Gasteiger partial charge on any atom is -0.311 e. The van der Waals surface area contributed by atoms with E-state index < -0.39 is 0 Å². The van der Waals surface area contributed by atoms with E-state index in [0.717, 1.165) is 18.0 Å². The van der Waals surface area contributed by atoms with E-state index in [2.05, 4.69) is 39.9 Å². The molecule has 0 aromatic heterocycles. The van der Waals surface area contributed by atoms with Gasteiger partial charge in [0.25, 0.3) is 0 Å². The van der Waals surface area contributed by atoms with Gasteiger partial charge in [0.05, 0.1) is 0 Å². The first kappa shape index (κ1) is 15.4. The van der Waals surface area contributed by atoms with Crippen molar-refractivity contribution in [2.45, 2.75) is 98.1 Å². The average molecular weight is 265 g/mol. The van der Waals surface area contributed by atoms with Crippen LogP contribution in [0.5, 0.6) is 0 Å². The Morgan fingerprint density at radius 1 is 0.842 bits per heavy atom. The summed E-state index contributed by atoms with van der Waals surface area (Å²) in [5.41, 5.74) is 1.03. The van der Waals surface area contributed by atoms with E-state index in [9.17, 15) is 0 Å². The first-order valence-electron chi connectivity index (χ1n) is 8.56. The first-order valence-corrected chi connectivity index (χ1v) is 8.56. The SMILES string of the molecule is CCC1CCC(NC2CC(C)(C)CC(C)(C)C2)CC1. The van der Waals surface area contributed by atoms with Crippen LogP contribution in [-0.4, -0.2) is 12.1 Å². The summed E-state index contributed by atoms with van der Waals surface area (Å²) in [6.07, 6.45) is 11.2. The Balaban J connectivity index is 1.85. The van der Waals surface area contributed by atoms with Gasteiger partial charge in [0, 0.05) is 12.1 Å². The fourth-order valence-electron chi connectivity index (χ4n) is 5.03. The minimum atomic E-state index is 0.514. The fourth-order valence-corrected chi connectivity index (χ4v) is 5.03. The molecule has 0 amide bonds. The van der Waals surface area contributed by atoms with Gasteiger partial charge in [-0.25, -0.2) is 0 Å². The predicted molar refractivity (Wildman–Crippen MR) is 84.4 cm³/mol. The van der Waals surface area contributed by atoms with Gasteiger partial charge in [-0.3, -0.25) is 0 Å². The highest BCUT2D eigenvalue weighted by Crippen LogP contribution is 2.46. The Hall–Kier alpha value is -0.0400. The number of hydrogen-bond donors (Lipinski definition) is 1. The zero-order chi connectivity index (χ0) is 14.1. The Bertz CT molecular complexity index is 268. The van der Waals surface area contributed by atoms with Gasteiger partial charge in [-0.05, 0) is 61.7 Å². The van der Waals surface area contributed by atoms with Crippen LogP contribution in [-0.2, 0) is 0 Å². The van der Waals surface area contributed by atoms with Gasteiger partial charge in [-0.15, -0.1) is 0 Å². The Morgan fingerprint density at radius 2 is 1.37 bits per heavy atom. The predicted octanol–water partition coefficient (Wildman–Crippen LogP) is 5.15. The lowest BCUT2D eigenvalue weighted by Gasteiger charge is -2.46. The lowest BCUT2D eigenvalue weighted by Crippen LogP contribution is -2.48. The molecule has 0 heterocycles. The molecule has 19 heavy (non-hydrogen) atoms. The third-order valence-electron chi connectivity index (χ3n) is 5.45. The maximum atomic E-state index is 4.01. The molecule has 0 saturated heterocycles. The quantitative estimate of drug-likeness (QED) is 0.744. The van der Waals surface area contributed by atoms with Crippen LogP contribution < -0.4 is 5.32 Å². The van der Waals surface area contributed by atoms with E-state index in [1.165, 1.54) is 51.4 Å². The van der Waals surface area contributed by atoms with Crippen LogP contribution in [0.1, 0.15) is 86.0 Å². The molecule has 0 atom stereocenters. The third kappa shape index (κ3) is 4.48. The molecule has 2 aliphatic rings. The van der Waals surface area contributed by atoms with Crippen LogP contribution >= 0.6 is 0 Å². The molecule has 1 heteroatoms. The van der Waals surface area contributed by atoms with Crippen LogP contribution in [0.15, 0.2) is 0 Å². The topological polar surface area (TPSA) is 12.0 Å². The second kappa shape index (κ2) is 5.76. The van der Waals surface area contributed by atoms with Gasteiger partial charge >= 0.3 is 0 Å². The summed E-state index contributed by atoms with van der Waals surface area (Å²) in [7, 11) is 0. The van der Waals surface area contributed by atoms with E-state index in [0.29, 0.717) is 10.8 Å². The highest BCUT2D eigenvalue weighted by atomic mass is 15.0. The van der Waals surface area contributed by atoms with Gasteiger partial charge in [0.2, 0.25) is 0 Å². The summed E-state index contributed by atoms with van der Waals surface area (Å²) < 4.78 is 0. The Kier molecular flexibility index (Phi) is 4.65. The molecule has 0 bridgehead atoms. The third-order valence-corrected chi connectivity index (χ3v) is 5.45. The second-order valence-electron chi connectivity index (χ2n) is 8.90. The molecule has 0 spiro atoms. The maximum absolute atomic E-state index is 4.01. The highest BCUT2D eigenvalue weighted by molar-refractivity contribution is 4.93. The molecule has 0 aliphatic heterocycles. The molecule has 112 valence electrons. The van der Waals surface area contributed by atoms with Gasteiger partial charge < -0.3 is 5.32 Å². The molecule has 2 saturated carbocycles. The largest absolute Gasteiger partial charge is 0.311 e. The number of nitrogens with one attached hydrogen (secondary N) is 1. The zero-order valence-electron chi connectivity index (χ0n) is 13.9. The zero-order valence-corrected chi connectivity index (χ0v) is 13.9. The van der Waals surface area contributed by atoms with Crippen molar-refractivity contribution in [1.82, 2.24) is 5.32 Å². The van der Waals surface area contributed by atoms with Crippen LogP contribution in [0.3, 0.4) is 0 Å². The molecule has 2 rings (SSSR count). The average Bonchev–Trinajstić information content (AvgIpc) is 2.25. The fraction of sp³-hybridized carbons (Fsp3) is 1.00. The smallest absolute Gasteiger partial charge is 0.00798 e. The summed E-state index contributed by atoms with van der Waals surface area (Å²) in [5, 5.41) is 4.01. The Labute approximate surface area is 120 Å². The molecule has 1 nitrogen and oxygen atoms in total. The molecule has 1 N–H and O–H groups in total. The van der Waals surface area contributed by atoms with Crippen LogP contribution in [0, 0.1) is 16.7 Å². The van der Waals surface area contributed by atoms with Crippen LogP contribution in [0.2, 0.25) is 0 Å². The monoisotopic (exact) mass is 265 g/mol. The van der Waals surface area contributed by atoms with Crippen molar-refractivity contribution in [1.29, 1.82) is 0 Å². The van der Waals surface area contributed by atoms with E-state index >= 15 is 0 Å². The first-order chi connectivity index (χ1) is 8.80. The van der Waals surface area contributed by atoms with Gasteiger partial charge in [0.15, 0.2) is 0 Å². The highest BCUT2D eigenvalue weighted by Gasteiger charge is 2.39. The molecule has 0 aromatic rings. The van der Waals surface area contributed by atoms with E-state index in [1.54, 1.807) is 0 Å². The molecule has 2 fully saturated rings. The minimum absolute atomic E-state index is 0.514. The summed E-state index contributed by atoms with van der Waals surface area (Å²) >= 11 is 0. The lowest BCUT2D eigenvalue weighted by molar-refractivity contribution is 0.0760. The molecule has 2 aliphatic carbocycles. The summed E-state index contributed by atoms with van der Waals surface area (Å²) in [4.78, 5) is 0. The van der Waals surface area contributed by atoms with Crippen molar-refractivity contribution in [3.63, 3.8) is 0 Å². The summed E-state index contributed by atoms with van der Waals surface area (Å²) in [6, 6.07) is 1.56. The van der Waals surface area contributed by atoms with Crippen LogP contribution in [0.25, 0.3) is 0 Å². The second-order valence-corrected chi connectivity index (χ2v) is 8.90. The van der Waals surface area contributed by atoms with Crippen molar-refractivity contribution in [2.75, 3.05) is 0 Å². The van der Waals surface area contributed by atoms with Gasteiger partial charge in [-0.1, -0.05) is 41.0 Å². The van der Waals surface area contributed by atoms with Gasteiger partial charge in [0.1, 0.15) is 0 Å². The normalized spacial score (nSPS) is 35.2. The molecule has 0 unspecified atom stereocenters. The number of hydrogen-bond acceptors (Lipinski definition) is 1.